The van der Waals surface area contributed by atoms with Gasteiger partial charge in [0.05, 0.1) is 10.5 Å². The Labute approximate surface area is 113 Å². The van der Waals surface area contributed by atoms with E-state index in [-0.39, 0.29) is 6.54 Å². The molecule has 0 aliphatic carbocycles. The van der Waals surface area contributed by atoms with E-state index in [0.717, 1.165) is 4.88 Å². The number of ether oxygens (including phenoxy) is 1. The Morgan fingerprint density at radius 3 is 2.67 bits per heavy atom. The SMILES string of the molecule is CNCc1cc(S(=O)(=O)NCC(C)(C)OC)cs1. The molecule has 0 bridgehead atoms. The third-order valence-corrected chi connectivity index (χ3v) is 5.00. The van der Waals surface area contributed by atoms with Gasteiger partial charge in [0.15, 0.2) is 0 Å². The van der Waals surface area contributed by atoms with Gasteiger partial charge in [0.2, 0.25) is 10.0 Å². The predicted octanol–water partition coefficient (Wildman–Crippen LogP) is 1.17. The number of hydrogen-bond donors (Lipinski definition) is 2. The van der Waals surface area contributed by atoms with Gasteiger partial charge in [-0.05, 0) is 27.0 Å². The summed E-state index contributed by atoms with van der Waals surface area (Å²) in [6.45, 7) is 4.57. The molecule has 0 amide bonds. The summed E-state index contributed by atoms with van der Waals surface area (Å²) in [7, 11) is -0.0623. The first kappa shape index (κ1) is 15.6. The summed E-state index contributed by atoms with van der Waals surface area (Å²) in [5, 5.41) is 4.64. The van der Waals surface area contributed by atoms with Crippen molar-refractivity contribution in [2.45, 2.75) is 30.9 Å². The van der Waals surface area contributed by atoms with Crippen LogP contribution in [0.1, 0.15) is 18.7 Å². The number of methoxy groups -OCH3 is 1. The van der Waals surface area contributed by atoms with Gasteiger partial charge in [0.25, 0.3) is 0 Å². The van der Waals surface area contributed by atoms with Crippen LogP contribution in [-0.2, 0) is 21.3 Å². The van der Waals surface area contributed by atoms with Crippen LogP contribution in [0.5, 0.6) is 0 Å². The lowest BCUT2D eigenvalue weighted by Gasteiger charge is -2.22. The number of nitrogens with one attached hydrogen (secondary N) is 2. The fourth-order valence-electron chi connectivity index (χ4n) is 1.19. The maximum atomic E-state index is 12.0. The van der Waals surface area contributed by atoms with Crippen molar-refractivity contribution in [2.24, 2.45) is 0 Å². The molecule has 5 nitrogen and oxygen atoms in total. The van der Waals surface area contributed by atoms with Gasteiger partial charge in [0.1, 0.15) is 0 Å². The van der Waals surface area contributed by atoms with Crippen LogP contribution in [0.15, 0.2) is 16.3 Å². The second-order valence-electron chi connectivity index (χ2n) is 4.57. The van der Waals surface area contributed by atoms with E-state index in [9.17, 15) is 8.42 Å². The Hall–Kier alpha value is -0.470. The summed E-state index contributed by atoms with van der Waals surface area (Å²) in [5.74, 6) is 0. The molecule has 7 heteroatoms. The summed E-state index contributed by atoms with van der Waals surface area (Å²) < 4.78 is 31.8. The Kier molecular flexibility index (Phi) is 5.30. The Morgan fingerprint density at radius 1 is 1.44 bits per heavy atom. The Balaban J connectivity index is 2.74. The molecule has 0 saturated carbocycles. The number of hydrogen-bond acceptors (Lipinski definition) is 5. The fraction of sp³-hybridized carbons (Fsp3) is 0.636. The zero-order chi connectivity index (χ0) is 13.8. The summed E-state index contributed by atoms with van der Waals surface area (Å²) in [4.78, 5) is 1.30. The van der Waals surface area contributed by atoms with Gasteiger partial charge in [-0.1, -0.05) is 0 Å². The van der Waals surface area contributed by atoms with Crippen molar-refractivity contribution in [3.05, 3.63) is 16.3 Å². The molecule has 0 radical (unpaired) electrons. The van der Waals surface area contributed by atoms with Crippen LogP contribution >= 0.6 is 11.3 Å². The molecule has 2 N–H and O–H groups in total. The lowest BCUT2D eigenvalue weighted by Crippen LogP contribution is -2.39. The van der Waals surface area contributed by atoms with Crippen molar-refractivity contribution < 1.29 is 13.2 Å². The van der Waals surface area contributed by atoms with E-state index in [2.05, 4.69) is 10.0 Å². The number of rotatable bonds is 7. The maximum absolute atomic E-state index is 12.0. The molecule has 0 spiro atoms. The minimum Gasteiger partial charge on any atom is -0.377 e. The van der Waals surface area contributed by atoms with Crippen molar-refractivity contribution in [3.8, 4) is 0 Å². The monoisotopic (exact) mass is 292 g/mol. The molecule has 0 aliphatic rings. The number of thiophene rings is 1. The van der Waals surface area contributed by atoms with Crippen LogP contribution in [0.3, 0.4) is 0 Å². The van der Waals surface area contributed by atoms with Crippen LogP contribution in [0, 0.1) is 0 Å². The van der Waals surface area contributed by atoms with Gasteiger partial charge in [0, 0.05) is 30.5 Å². The smallest absolute Gasteiger partial charge is 0.241 e. The van der Waals surface area contributed by atoms with Gasteiger partial charge in [-0.15, -0.1) is 11.3 Å². The molecule has 0 saturated heterocycles. The third kappa shape index (κ3) is 4.33. The van der Waals surface area contributed by atoms with Crippen molar-refractivity contribution in [2.75, 3.05) is 20.7 Å². The first-order valence-corrected chi connectivity index (χ1v) is 7.94. The standard InChI is InChI=1S/C11H20N2O3S2/c1-11(2,16-4)8-13-18(14,15)10-5-9(6-12-3)17-7-10/h5,7,12-13H,6,8H2,1-4H3. The van der Waals surface area contributed by atoms with Crippen molar-refractivity contribution in [3.63, 3.8) is 0 Å². The van der Waals surface area contributed by atoms with Gasteiger partial charge >= 0.3 is 0 Å². The average molecular weight is 292 g/mol. The zero-order valence-corrected chi connectivity index (χ0v) is 12.7. The molecule has 1 aromatic rings. The Bertz CT molecular complexity index is 480. The van der Waals surface area contributed by atoms with Crippen molar-refractivity contribution >= 4 is 21.4 Å². The second-order valence-corrected chi connectivity index (χ2v) is 7.33. The molecule has 0 atom stereocenters. The zero-order valence-electron chi connectivity index (χ0n) is 11.1. The van der Waals surface area contributed by atoms with Gasteiger partial charge in [-0.3, -0.25) is 0 Å². The van der Waals surface area contributed by atoms with Crippen LogP contribution in [0.25, 0.3) is 0 Å². The van der Waals surface area contributed by atoms with Gasteiger partial charge in [-0.25, -0.2) is 13.1 Å². The van der Waals surface area contributed by atoms with Crippen molar-refractivity contribution in [1.82, 2.24) is 10.0 Å². The first-order chi connectivity index (χ1) is 8.30. The first-order valence-electron chi connectivity index (χ1n) is 5.57. The highest BCUT2D eigenvalue weighted by Crippen LogP contribution is 2.19. The lowest BCUT2D eigenvalue weighted by molar-refractivity contribution is 0.0276. The second kappa shape index (κ2) is 6.12. The van der Waals surface area contributed by atoms with Gasteiger partial charge in [-0.2, -0.15) is 0 Å². The highest BCUT2D eigenvalue weighted by molar-refractivity contribution is 7.89. The van der Waals surface area contributed by atoms with Crippen LogP contribution < -0.4 is 10.0 Å². The molecule has 1 heterocycles. The van der Waals surface area contributed by atoms with E-state index >= 15 is 0 Å². The average Bonchev–Trinajstić information content (AvgIpc) is 2.77. The lowest BCUT2D eigenvalue weighted by atomic mass is 10.1. The normalized spacial score (nSPS) is 12.9. The molecule has 18 heavy (non-hydrogen) atoms. The predicted molar refractivity (Wildman–Crippen MR) is 73.4 cm³/mol. The molecule has 0 fully saturated rings. The van der Waals surface area contributed by atoms with E-state index in [1.54, 1.807) is 18.6 Å². The van der Waals surface area contributed by atoms with E-state index in [1.165, 1.54) is 11.3 Å². The van der Waals surface area contributed by atoms with E-state index in [1.807, 2.05) is 20.9 Å². The molecule has 1 rings (SSSR count). The van der Waals surface area contributed by atoms with Gasteiger partial charge < -0.3 is 10.1 Å². The molecule has 1 aromatic heterocycles. The summed E-state index contributed by atoms with van der Waals surface area (Å²) in [6, 6.07) is 1.68. The molecular formula is C11H20N2O3S2. The fourth-order valence-corrected chi connectivity index (χ4v) is 3.68. The molecule has 0 aliphatic heterocycles. The highest BCUT2D eigenvalue weighted by Gasteiger charge is 2.22. The van der Waals surface area contributed by atoms with E-state index in [4.69, 9.17) is 4.74 Å². The maximum Gasteiger partial charge on any atom is 0.241 e. The largest absolute Gasteiger partial charge is 0.377 e. The quantitative estimate of drug-likeness (QED) is 0.791. The van der Waals surface area contributed by atoms with Crippen LogP contribution in [0.2, 0.25) is 0 Å². The summed E-state index contributed by atoms with van der Waals surface area (Å²) >= 11 is 1.43. The van der Waals surface area contributed by atoms with Crippen molar-refractivity contribution in [1.29, 1.82) is 0 Å². The molecule has 104 valence electrons. The Morgan fingerprint density at radius 2 is 2.11 bits per heavy atom. The van der Waals surface area contributed by atoms with Crippen LogP contribution in [-0.4, -0.2) is 34.7 Å². The van der Waals surface area contributed by atoms with Crippen LogP contribution in [0.4, 0.5) is 0 Å². The van der Waals surface area contributed by atoms with E-state index in [0.29, 0.717) is 11.4 Å². The summed E-state index contributed by atoms with van der Waals surface area (Å²) in [5.41, 5.74) is -0.517. The number of sulfonamides is 1. The summed E-state index contributed by atoms with van der Waals surface area (Å²) in [6.07, 6.45) is 0. The molecule has 0 unspecified atom stereocenters. The molecule has 0 aromatic carbocycles. The minimum atomic E-state index is -3.45. The third-order valence-electron chi connectivity index (χ3n) is 2.53. The minimum absolute atomic E-state index is 0.239. The highest BCUT2D eigenvalue weighted by atomic mass is 32.2. The molecular weight excluding hydrogens is 272 g/mol. The van der Waals surface area contributed by atoms with E-state index < -0.39 is 15.6 Å². The topological polar surface area (TPSA) is 67.4 Å².